The highest BCUT2D eigenvalue weighted by Gasteiger charge is 2.11. The van der Waals surface area contributed by atoms with Gasteiger partial charge in [0.05, 0.1) is 11.1 Å². The maximum atomic E-state index is 12.5. The molecule has 4 aromatic rings. The molecule has 0 fully saturated rings. The molecule has 0 saturated carbocycles. The van der Waals surface area contributed by atoms with Crippen molar-refractivity contribution in [1.29, 1.82) is 0 Å². The molecular weight excluding hydrogens is 430 g/mol. The van der Waals surface area contributed by atoms with E-state index in [-0.39, 0.29) is 5.91 Å². The lowest BCUT2D eigenvalue weighted by Crippen LogP contribution is -2.11. The summed E-state index contributed by atoms with van der Waals surface area (Å²) in [6, 6.07) is 12.8. The van der Waals surface area contributed by atoms with Crippen molar-refractivity contribution < 1.29 is 9.53 Å². The monoisotopic (exact) mass is 443 g/mol. The largest absolute Gasteiger partial charge is 0.493 e. The van der Waals surface area contributed by atoms with Crippen molar-refractivity contribution in [2.45, 2.75) is 6.92 Å². The van der Waals surface area contributed by atoms with Crippen LogP contribution in [0.5, 0.6) is 5.75 Å². The number of benzene rings is 2. The molecule has 2 heterocycles. The van der Waals surface area contributed by atoms with Gasteiger partial charge in [-0.1, -0.05) is 11.3 Å². The second kappa shape index (κ2) is 7.45. The van der Waals surface area contributed by atoms with Crippen LogP contribution in [0, 0.1) is 0 Å². The summed E-state index contributed by atoms with van der Waals surface area (Å²) in [6.07, 6.45) is 1.57. The van der Waals surface area contributed by atoms with Crippen molar-refractivity contribution in [3.05, 3.63) is 58.8 Å². The van der Waals surface area contributed by atoms with E-state index in [4.69, 9.17) is 4.74 Å². The fraction of sp³-hybridized carbons (Fsp3) is 0.111. The second-order valence-corrected chi connectivity index (χ2v) is 7.39. The molecular formula is C18H14BrN5O2S. The summed E-state index contributed by atoms with van der Waals surface area (Å²) < 4.78 is 7.85. The van der Waals surface area contributed by atoms with Crippen LogP contribution in [0.1, 0.15) is 17.3 Å². The quantitative estimate of drug-likeness (QED) is 0.498. The normalized spacial score (nSPS) is 10.9. The number of carbonyl (C=O) groups excluding carboxylic acids is 1. The van der Waals surface area contributed by atoms with E-state index < -0.39 is 0 Å². The Morgan fingerprint density at radius 1 is 1.26 bits per heavy atom. The van der Waals surface area contributed by atoms with Gasteiger partial charge < -0.3 is 10.1 Å². The number of carbonyl (C=O) groups is 1. The Hall–Kier alpha value is -2.78. The van der Waals surface area contributed by atoms with Crippen molar-refractivity contribution in [1.82, 2.24) is 19.8 Å². The van der Waals surface area contributed by atoms with Crippen LogP contribution in [0.3, 0.4) is 0 Å². The summed E-state index contributed by atoms with van der Waals surface area (Å²) in [4.78, 5) is 13.2. The van der Waals surface area contributed by atoms with E-state index in [1.165, 1.54) is 11.3 Å². The first-order valence-electron chi connectivity index (χ1n) is 8.15. The van der Waals surface area contributed by atoms with E-state index >= 15 is 0 Å². The van der Waals surface area contributed by atoms with Crippen molar-refractivity contribution in [3.63, 3.8) is 0 Å². The van der Waals surface area contributed by atoms with Crippen molar-refractivity contribution >= 4 is 43.8 Å². The number of hydrogen-bond donors (Lipinski definition) is 1. The van der Waals surface area contributed by atoms with Gasteiger partial charge in [0.25, 0.3) is 5.91 Å². The first-order valence-corrected chi connectivity index (χ1v) is 9.76. The van der Waals surface area contributed by atoms with E-state index in [0.717, 1.165) is 20.0 Å². The summed E-state index contributed by atoms with van der Waals surface area (Å²) in [6.45, 7) is 2.48. The number of nitrogens with zero attached hydrogens (tertiary/aromatic N) is 4. The zero-order valence-corrected chi connectivity index (χ0v) is 16.6. The zero-order valence-electron chi connectivity index (χ0n) is 14.2. The van der Waals surface area contributed by atoms with E-state index in [0.29, 0.717) is 23.6 Å². The molecule has 136 valence electrons. The average molecular weight is 444 g/mol. The SMILES string of the molecule is CCOc1ccc(C(=O)Nc2ccc(-c3nn4cnnc4s3)cc2)cc1Br. The molecule has 2 aromatic heterocycles. The zero-order chi connectivity index (χ0) is 18.8. The molecule has 0 radical (unpaired) electrons. The minimum atomic E-state index is -0.190. The predicted molar refractivity (Wildman–Crippen MR) is 107 cm³/mol. The number of ether oxygens (including phenoxy) is 1. The maximum Gasteiger partial charge on any atom is 0.255 e. The van der Waals surface area contributed by atoms with Crippen LogP contribution in [-0.4, -0.2) is 32.3 Å². The molecule has 7 nitrogen and oxygen atoms in total. The summed E-state index contributed by atoms with van der Waals surface area (Å²) >= 11 is 4.88. The molecule has 27 heavy (non-hydrogen) atoms. The number of amides is 1. The van der Waals surface area contributed by atoms with Crippen LogP contribution < -0.4 is 10.1 Å². The first kappa shape index (κ1) is 17.6. The van der Waals surface area contributed by atoms with Gasteiger partial charge in [-0.3, -0.25) is 4.79 Å². The van der Waals surface area contributed by atoms with E-state index in [1.807, 2.05) is 31.2 Å². The van der Waals surface area contributed by atoms with Gasteiger partial charge in [0.2, 0.25) is 4.96 Å². The topological polar surface area (TPSA) is 81.4 Å². The Kier molecular flexibility index (Phi) is 4.87. The van der Waals surface area contributed by atoms with E-state index in [2.05, 4.69) is 36.5 Å². The van der Waals surface area contributed by atoms with Crippen molar-refractivity contribution in [3.8, 4) is 16.3 Å². The van der Waals surface area contributed by atoms with Gasteiger partial charge in [0.15, 0.2) is 0 Å². The minimum Gasteiger partial charge on any atom is -0.493 e. The highest BCUT2D eigenvalue weighted by Crippen LogP contribution is 2.28. The summed E-state index contributed by atoms with van der Waals surface area (Å²) in [7, 11) is 0. The molecule has 0 atom stereocenters. The molecule has 0 aliphatic rings. The number of halogens is 1. The van der Waals surface area contributed by atoms with Crippen LogP contribution in [-0.2, 0) is 0 Å². The van der Waals surface area contributed by atoms with Gasteiger partial charge >= 0.3 is 0 Å². The van der Waals surface area contributed by atoms with Crippen LogP contribution in [0.15, 0.2) is 53.3 Å². The third-order valence-corrected chi connectivity index (χ3v) is 5.35. The van der Waals surface area contributed by atoms with Gasteiger partial charge in [0.1, 0.15) is 17.1 Å². The Balaban J connectivity index is 1.48. The number of aromatic nitrogens is 4. The average Bonchev–Trinajstić information content (AvgIpc) is 3.26. The van der Waals surface area contributed by atoms with E-state index in [1.54, 1.807) is 29.0 Å². The Bertz CT molecular complexity index is 1080. The number of anilines is 1. The first-order chi connectivity index (χ1) is 13.1. The molecule has 4 rings (SSSR count). The Morgan fingerprint density at radius 2 is 2.07 bits per heavy atom. The van der Waals surface area contributed by atoms with Gasteiger partial charge in [0, 0.05) is 16.8 Å². The lowest BCUT2D eigenvalue weighted by atomic mass is 10.2. The second-order valence-electron chi connectivity index (χ2n) is 5.57. The molecule has 1 N–H and O–H groups in total. The van der Waals surface area contributed by atoms with Crippen LogP contribution in [0.4, 0.5) is 5.69 Å². The van der Waals surface area contributed by atoms with Crippen LogP contribution in [0.25, 0.3) is 15.5 Å². The fourth-order valence-electron chi connectivity index (χ4n) is 2.49. The molecule has 0 unspecified atom stereocenters. The third-order valence-electron chi connectivity index (χ3n) is 3.77. The predicted octanol–water partition coefficient (Wildman–Crippen LogP) is 4.27. The van der Waals surface area contributed by atoms with Gasteiger partial charge in [-0.2, -0.15) is 9.61 Å². The Labute approximate surface area is 167 Å². The molecule has 1 amide bonds. The number of fused-ring (bicyclic) bond motifs is 1. The van der Waals surface area contributed by atoms with Gasteiger partial charge in [-0.25, -0.2) is 0 Å². The van der Waals surface area contributed by atoms with Crippen molar-refractivity contribution in [2.75, 3.05) is 11.9 Å². The summed E-state index contributed by atoms with van der Waals surface area (Å²) in [5.41, 5.74) is 2.20. The molecule has 0 spiro atoms. The third kappa shape index (κ3) is 3.69. The number of nitrogens with one attached hydrogen (secondary N) is 1. The fourth-order valence-corrected chi connectivity index (χ4v) is 3.81. The highest BCUT2D eigenvalue weighted by molar-refractivity contribution is 9.10. The van der Waals surface area contributed by atoms with Gasteiger partial charge in [-0.15, -0.1) is 10.2 Å². The molecule has 2 aromatic carbocycles. The molecule has 0 bridgehead atoms. The van der Waals surface area contributed by atoms with Gasteiger partial charge in [-0.05, 0) is 65.3 Å². The molecule has 0 saturated heterocycles. The standard InChI is InChI=1S/C18H14BrN5O2S/c1-2-26-15-8-5-12(9-14(15)19)16(25)21-13-6-3-11(4-7-13)17-23-24-10-20-22-18(24)27-17/h3-10H,2H2,1H3,(H,21,25). The molecule has 0 aliphatic carbocycles. The highest BCUT2D eigenvalue weighted by atomic mass is 79.9. The number of hydrogen-bond acceptors (Lipinski definition) is 6. The minimum absolute atomic E-state index is 0.190. The molecule has 9 heteroatoms. The smallest absolute Gasteiger partial charge is 0.255 e. The van der Waals surface area contributed by atoms with Crippen LogP contribution >= 0.6 is 27.3 Å². The van der Waals surface area contributed by atoms with Crippen molar-refractivity contribution in [2.24, 2.45) is 0 Å². The molecule has 0 aliphatic heterocycles. The maximum absolute atomic E-state index is 12.5. The lowest BCUT2D eigenvalue weighted by molar-refractivity contribution is 0.102. The van der Waals surface area contributed by atoms with E-state index in [9.17, 15) is 4.79 Å². The summed E-state index contributed by atoms with van der Waals surface area (Å²) in [5.74, 6) is 0.522. The van der Waals surface area contributed by atoms with Crippen LogP contribution in [0.2, 0.25) is 0 Å². The lowest BCUT2D eigenvalue weighted by Gasteiger charge is -2.09. The Morgan fingerprint density at radius 3 is 2.78 bits per heavy atom. The number of rotatable bonds is 5. The summed E-state index contributed by atoms with van der Waals surface area (Å²) in [5, 5.41) is 15.9.